The molecule has 1 rings (SSSR count). The van der Waals surface area contributed by atoms with Gasteiger partial charge in [0.25, 0.3) is 0 Å². The van der Waals surface area contributed by atoms with E-state index < -0.39 is 0 Å². The van der Waals surface area contributed by atoms with E-state index in [0.717, 1.165) is 11.7 Å². The molecule has 0 atom stereocenters. The predicted octanol–water partition coefficient (Wildman–Crippen LogP) is 3.36. The molecule has 80 valence electrons. The Labute approximate surface area is 91.0 Å². The summed E-state index contributed by atoms with van der Waals surface area (Å²) in [5, 5.41) is 3.30. The van der Waals surface area contributed by atoms with Crippen LogP contribution in [0.5, 0.6) is 0 Å². The molecule has 1 aromatic heterocycles. The molecule has 0 aliphatic carbocycles. The van der Waals surface area contributed by atoms with Gasteiger partial charge in [0.1, 0.15) is 0 Å². The molecule has 2 nitrogen and oxygen atoms in total. The molecule has 0 radical (unpaired) electrons. The molecular weight excluding hydrogens is 192 g/mol. The summed E-state index contributed by atoms with van der Waals surface area (Å²) in [7, 11) is 2.11. The molecule has 1 heterocycles. The molecule has 14 heavy (non-hydrogen) atoms. The third kappa shape index (κ3) is 2.98. The van der Waals surface area contributed by atoms with Crippen molar-refractivity contribution in [2.75, 3.05) is 18.5 Å². The van der Waals surface area contributed by atoms with E-state index in [2.05, 4.69) is 50.0 Å². The molecule has 0 amide bonds. The zero-order valence-electron chi connectivity index (χ0n) is 9.74. The molecule has 0 spiro atoms. The van der Waals surface area contributed by atoms with Crippen molar-refractivity contribution in [1.82, 2.24) is 4.98 Å². The third-order valence-corrected chi connectivity index (χ3v) is 3.04. The van der Waals surface area contributed by atoms with Crippen LogP contribution in [-0.2, 0) is 0 Å². The van der Waals surface area contributed by atoms with Gasteiger partial charge in [0, 0.05) is 19.0 Å². The first-order chi connectivity index (χ1) is 6.50. The number of hydrogen-bond acceptors (Lipinski definition) is 3. The van der Waals surface area contributed by atoms with Crippen molar-refractivity contribution in [3.05, 3.63) is 11.1 Å². The number of rotatable bonds is 4. The van der Waals surface area contributed by atoms with E-state index in [1.807, 2.05) is 0 Å². The predicted molar refractivity (Wildman–Crippen MR) is 64.3 cm³/mol. The Morgan fingerprint density at radius 3 is 2.43 bits per heavy atom. The average molecular weight is 212 g/mol. The zero-order chi connectivity index (χ0) is 10.7. The first-order valence-electron chi connectivity index (χ1n) is 5.17. The Morgan fingerprint density at radius 2 is 2.00 bits per heavy atom. The van der Waals surface area contributed by atoms with Crippen LogP contribution in [0.4, 0.5) is 5.13 Å². The first kappa shape index (κ1) is 11.5. The Hall–Kier alpha value is -0.570. The summed E-state index contributed by atoms with van der Waals surface area (Å²) in [5.74, 6) is 1.22. The second kappa shape index (κ2) is 4.78. The van der Waals surface area contributed by atoms with Gasteiger partial charge in [-0.15, -0.1) is 11.3 Å². The van der Waals surface area contributed by atoms with Crippen molar-refractivity contribution in [3.63, 3.8) is 0 Å². The number of hydrogen-bond donors (Lipinski definition) is 0. The van der Waals surface area contributed by atoms with E-state index in [-0.39, 0.29) is 0 Å². The highest BCUT2D eigenvalue weighted by atomic mass is 32.1. The van der Waals surface area contributed by atoms with Crippen LogP contribution in [-0.4, -0.2) is 18.6 Å². The molecule has 1 aromatic rings. The molecular formula is C11H20N2S. The smallest absolute Gasteiger partial charge is 0.185 e. The van der Waals surface area contributed by atoms with Gasteiger partial charge in [-0.25, -0.2) is 4.98 Å². The Kier molecular flexibility index (Phi) is 3.93. The summed E-state index contributed by atoms with van der Waals surface area (Å²) in [6.45, 7) is 9.90. The minimum atomic E-state index is 0.535. The summed E-state index contributed by atoms with van der Waals surface area (Å²) in [5.41, 5.74) is 1.21. The molecule has 0 aliphatic heterocycles. The molecule has 0 unspecified atom stereocenters. The van der Waals surface area contributed by atoms with Gasteiger partial charge in [0.2, 0.25) is 0 Å². The first-order valence-corrected chi connectivity index (χ1v) is 6.05. The molecule has 0 saturated heterocycles. The molecule has 0 aromatic carbocycles. The van der Waals surface area contributed by atoms with Crippen LogP contribution in [0.3, 0.4) is 0 Å². The quantitative estimate of drug-likeness (QED) is 0.761. The largest absolute Gasteiger partial charge is 0.351 e. The molecule has 0 N–H and O–H groups in total. The summed E-state index contributed by atoms with van der Waals surface area (Å²) in [6, 6.07) is 0. The van der Waals surface area contributed by atoms with E-state index >= 15 is 0 Å². The Balaban J connectivity index is 2.66. The summed E-state index contributed by atoms with van der Waals surface area (Å²) < 4.78 is 0. The van der Waals surface area contributed by atoms with Crippen LogP contribution in [0.15, 0.2) is 5.38 Å². The van der Waals surface area contributed by atoms with E-state index in [4.69, 9.17) is 0 Å². The van der Waals surface area contributed by atoms with E-state index in [9.17, 15) is 0 Å². The second-order valence-electron chi connectivity index (χ2n) is 4.48. The maximum absolute atomic E-state index is 4.61. The van der Waals surface area contributed by atoms with Crippen molar-refractivity contribution in [3.8, 4) is 0 Å². The fourth-order valence-electron chi connectivity index (χ4n) is 1.34. The highest BCUT2D eigenvalue weighted by molar-refractivity contribution is 7.13. The van der Waals surface area contributed by atoms with E-state index in [1.165, 1.54) is 5.69 Å². The van der Waals surface area contributed by atoms with Crippen molar-refractivity contribution in [2.45, 2.75) is 33.6 Å². The zero-order valence-corrected chi connectivity index (χ0v) is 10.6. The van der Waals surface area contributed by atoms with Gasteiger partial charge in [-0.2, -0.15) is 0 Å². The molecule has 0 aliphatic rings. The Morgan fingerprint density at radius 1 is 1.36 bits per heavy atom. The number of nitrogens with zero attached hydrogens (tertiary/aromatic N) is 2. The normalized spacial score (nSPS) is 11.4. The molecule has 0 bridgehead atoms. The maximum Gasteiger partial charge on any atom is 0.185 e. The van der Waals surface area contributed by atoms with Gasteiger partial charge in [-0.1, -0.05) is 27.7 Å². The van der Waals surface area contributed by atoms with Crippen LogP contribution >= 0.6 is 11.3 Å². The summed E-state index contributed by atoms with van der Waals surface area (Å²) in [4.78, 5) is 6.84. The maximum atomic E-state index is 4.61. The lowest BCUT2D eigenvalue weighted by atomic mass is 10.2. The minimum Gasteiger partial charge on any atom is -0.351 e. The fourth-order valence-corrected chi connectivity index (χ4v) is 2.31. The van der Waals surface area contributed by atoms with E-state index in [1.54, 1.807) is 11.3 Å². The van der Waals surface area contributed by atoms with Crippen LogP contribution in [0.1, 0.15) is 39.3 Å². The monoisotopic (exact) mass is 212 g/mol. The van der Waals surface area contributed by atoms with Crippen molar-refractivity contribution < 1.29 is 0 Å². The number of aromatic nitrogens is 1. The lowest BCUT2D eigenvalue weighted by molar-refractivity contribution is 0.636. The summed E-state index contributed by atoms with van der Waals surface area (Å²) >= 11 is 1.74. The SMILES string of the molecule is CC(C)CN(C)c1nc(C(C)C)cs1. The van der Waals surface area contributed by atoms with Crippen molar-refractivity contribution in [2.24, 2.45) is 5.92 Å². The van der Waals surface area contributed by atoms with Gasteiger partial charge in [-0.3, -0.25) is 0 Å². The Bertz CT molecular complexity index is 279. The van der Waals surface area contributed by atoms with Gasteiger partial charge >= 0.3 is 0 Å². The lowest BCUT2D eigenvalue weighted by Gasteiger charge is -2.17. The van der Waals surface area contributed by atoms with Crippen LogP contribution < -0.4 is 4.90 Å². The van der Waals surface area contributed by atoms with Gasteiger partial charge in [0.05, 0.1) is 5.69 Å². The van der Waals surface area contributed by atoms with Crippen LogP contribution in [0.2, 0.25) is 0 Å². The number of anilines is 1. The summed E-state index contributed by atoms with van der Waals surface area (Å²) in [6.07, 6.45) is 0. The van der Waals surface area contributed by atoms with Gasteiger partial charge in [0.15, 0.2) is 5.13 Å². The lowest BCUT2D eigenvalue weighted by Crippen LogP contribution is -2.22. The van der Waals surface area contributed by atoms with Crippen molar-refractivity contribution >= 4 is 16.5 Å². The van der Waals surface area contributed by atoms with Crippen LogP contribution in [0, 0.1) is 5.92 Å². The van der Waals surface area contributed by atoms with Crippen LogP contribution in [0.25, 0.3) is 0 Å². The van der Waals surface area contributed by atoms with Gasteiger partial charge < -0.3 is 4.90 Å². The minimum absolute atomic E-state index is 0.535. The molecule has 0 fully saturated rings. The second-order valence-corrected chi connectivity index (χ2v) is 5.32. The highest BCUT2D eigenvalue weighted by Crippen LogP contribution is 2.24. The topological polar surface area (TPSA) is 16.1 Å². The van der Waals surface area contributed by atoms with E-state index in [0.29, 0.717) is 11.8 Å². The fraction of sp³-hybridized carbons (Fsp3) is 0.727. The third-order valence-electron chi connectivity index (χ3n) is 2.07. The molecule has 0 saturated carbocycles. The highest BCUT2D eigenvalue weighted by Gasteiger charge is 2.09. The number of thiazole rings is 1. The average Bonchev–Trinajstić information content (AvgIpc) is 2.50. The standard InChI is InChI=1S/C11H20N2S/c1-8(2)6-13(5)11-12-10(7-14-11)9(3)4/h7-9H,6H2,1-5H3. The van der Waals surface area contributed by atoms with Crippen molar-refractivity contribution in [1.29, 1.82) is 0 Å². The van der Waals surface area contributed by atoms with Gasteiger partial charge in [-0.05, 0) is 11.8 Å². The molecule has 3 heteroatoms.